The van der Waals surface area contributed by atoms with E-state index in [4.69, 9.17) is 10.7 Å². The minimum absolute atomic E-state index is 0.433. The van der Waals surface area contributed by atoms with Crippen LogP contribution in [0.25, 0.3) is 0 Å². The topological polar surface area (TPSA) is 55.0 Å². The second-order valence-corrected chi connectivity index (χ2v) is 5.99. The molecule has 1 heterocycles. The zero-order valence-electron chi connectivity index (χ0n) is 12.6. The molecule has 19 heavy (non-hydrogen) atoms. The van der Waals surface area contributed by atoms with Crippen LogP contribution in [0.3, 0.4) is 0 Å². The minimum Gasteiger partial charge on any atom is -0.341 e. The highest BCUT2D eigenvalue weighted by Gasteiger charge is 2.30. The summed E-state index contributed by atoms with van der Waals surface area (Å²) < 4.78 is 0. The lowest BCUT2D eigenvalue weighted by Crippen LogP contribution is -2.38. The SMILES string of the molecule is Cc1cc(C(C)C)nc(N(C)C2CCCC2CN)n1. The van der Waals surface area contributed by atoms with E-state index in [9.17, 15) is 0 Å². The van der Waals surface area contributed by atoms with Crippen molar-refractivity contribution in [2.75, 3.05) is 18.5 Å². The predicted molar refractivity (Wildman–Crippen MR) is 79.4 cm³/mol. The number of rotatable bonds is 4. The van der Waals surface area contributed by atoms with E-state index in [1.54, 1.807) is 0 Å². The van der Waals surface area contributed by atoms with Gasteiger partial charge in [-0.25, -0.2) is 9.97 Å². The molecular weight excluding hydrogens is 236 g/mol. The van der Waals surface area contributed by atoms with E-state index in [2.05, 4.69) is 36.8 Å². The Morgan fingerprint density at radius 1 is 1.37 bits per heavy atom. The number of aromatic nitrogens is 2. The fourth-order valence-corrected chi connectivity index (χ4v) is 2.98. The summed E-state index contributed by atoms with van der Waals surface area (Å²) in [4.78, 5) is 11.6. The van der Waals surface area contributed by atoms with Gasteiger partial charge in [-0.2, -0.15) is 0 Å². The number of hydrogen-bond acceptors (Lipinski definition) is 4. The van der Waals surface area contributed by atoms with E-state index in [1.807, 2.05) is 6.92 Å². The smallest absolute Gasteiger partial charge is 0.225 e. The third-order valence-corrected chi connectivity index (χ3v) is 4.19. The maximum absolute atomic E-state index is 5.88. The van der Waals surface area contributed by atoms with Crippen molar-refractivity contribution in [2.45, 2.75) is 52.0 Å². The minimum atomic E-state index is 0.433. The lowest BCUT2D eigenvalue weighted by atomic mass is 10.0. The van der Waals surface area contributed by atoms with Crippen molar-refractivity contribution >= 4 is 5.95 Å². The Hall–Kier alpha value is -1.16. The summed E-state index contributed by atoms with van der Waals surface area (Å²) in [6.07, 6.45) is 3.70. The van der Waals surface area contributed by atoms with E-state index in [1.165, 1.54) is 19.3 Å². The van der Waals surface area contributed by atoms with E-state index in [-0.39, 0.29) is 0 Å². The van der Waals surface area contributed by atoms with Crippen LogP contribution in [-0.2, 0) is 0 Å². The van der Waals surface area contributed by atoms with Crippen LogP contribution < -0.4 is 10.6 Å². The largest absolute Gasteiger partial charge is 0.341 e. The van der Waals surface area contributed by atoms with Gasteiger partial charge in [0.05, 0.1) is 0 Å². The summed E-state index contributed by atoms with van der Waals surface area (Å²) in [5, 5.41) is 0. The molecule has 0 saturated heterocycles. The second-order valence-electron chi connectivity index (χ2n) is 5.99. The highest BCUT2D eigenvalue weighted by Crippen LogP contribution is 2.30. The molecule has 2 rings (SSSR count). The molecule has 1 saturated carbocycles. The van der Waals surface area contributed by atoms with Gasteiger partial charge < -0.3 is 10.6 Å². The first-order chi connectivity index (χ1) is 9.02. The Labute approximate surface area is 116 Å². The maximum atomic E-state index is 5.88. The van der Waals surface area contributed by atoms with Crippen LogP contribution in [0.15, 0.2) is 6.07 Å². The molecule has 0 amide bonds. The first kappa shape index (κ1) is 14.3. The number of hydrogen-bond donors (Lipinski definition) is 1. The lowest BCUT2D eigenvalue weighted by molar-refractivity contribution is 0.469. The zero-order chi connectivity index (χ0) is 14.0. The van der Waals surface area contributed by atoms with Crippen LogP contribution in [-0.4, -0.2) is 29.6 Å². The Morgan fingerprint density at radius 3 is 2.74 bits per heavy atom. The van der Waals surface area contributed by atoms with Crippen molar-refractivity contribution in [3.63, 3.8) is 0 Å². The molecule has 4 nitrogen and oxygen atoms in total. The zero-order valence-corrected chi connectivity index (χ0v) is 12.6. The van der Waals surface area contributed by atoms with Gasteiger partial charge in [0.2, 0.25) is 5.95 Å². The van der Waals surface area contributed by atoms with Crippen LogP contribution in [0.2, 0.25) is 0 Å². The molecule has 1 aromatic rings. The Kier molecular flexibility index (Phi) is 4.40. The monoisotopic (exact) mass is 262 g/mol. The molecule has 1 fully saturated rings. The van der Waals surface area contributed by atoms with Gasteiger partial charge >= 0.3 is 0 Å². The third kappa shape index (κ3) is 3.06. The van der Waals surface area contributed by atoms with Gasteiger partial charge in [-0.05, 0) is 44.2 Å². The van der Waals surface area contributed by atoms with Crippen LogP contribution in [0, 0.1) is 12.8 Å². The van der Waals surface area contributed by atoms with Gasteiger partial charge in [-0.3, -0.25) is 0 Å². The fourth-order valence-electron chi connectivity index (χ4n) is 2.98. The molecule has 2 unspecified atom stereocenters. The molecule has 1 aromatic heterocycles. The Morgan fingerprint density at radius 2 is 2.11 bits per heavy atom. The van der Waals surface area contributed by atoms with Gasteiger partial charge in [0, 0.05) is 24.5 Å². The van der Waals surface area contributed by atoms with Crippen molar-refractivity contribution in [3.8, 4) is 0 Å². The molecule has 1 aliphatic carbocycles. The summed E-state index contributed by atoms with van der Waals surface area (Å²) >= 11 is 0. The van der Waals surface area contributed by atoms with Crippen LogP contribution >= 0.6 is 0 Å². The highest BCUT2D eigenvalue weighted by molar-refractivity contribution is 5.34. The molecule has 106 valence electrons. The highest BCUT2D eigenvalue weighted by atomic mass is 15.3. The molecule has 4 heteroatoms. The van der Waals surface area contributed by atoms with Gasteiger partial charge in [-0.1, -0.05) is 20.3 Å². The molecule has 0 aliphatic heterocycles. The first-order valence-corrected chi connectivity index (χ1v) is 7.31. The van der Waals surface area contributed by atoms with Crippen LogP contribution in [0.1, 0.15) is 50.4 Å². The van der Waals surface area contributed by atoms with E-state index in [0.29, 0.717) is 17.9 Å². The van der Waals surface area contributed by atoms with Crippen molar-refractivity contribution in [1.29, 1.82) is 0 Å². The molecule has 0 aromatic carbocycles. The number of anilines is 1. The summed E-state index contributed by atoms with van der Waals surface area (Å²) in [7, 11) is 2.11. The van der Waals surface area contributed by atoms with Crippen LogP contribution in [0.5, 0.6) is 0 Å². The lowest BCUT2D eigenvalue weighted by Gasteiger charge is -2.29. The predicted octanol–water partition coefficient (Wildman–Crippen LogP) is 2.47. The molecule has 0 bridgehead atoms. The summed E-state index contributed by atoms with van der Waals surface area (Å²) in [6.45, 7) is 7.14. The Bertz CT molecular complexity index is 430. The average Bonchev–Trinajstić information content (AvgIpc) is 2.85. The molecule has 2 N–H and O–H groups in total. The maximum Gasteiger partial charge on any atom is 0.225 e. The van der Waals surface area contributed by atoms with Gasteiger partial charge in [0.1, 0.15) is 0 Å². The molecule has 0 radical (unpaired) electrons. The van der Waals surface area contributed by atoms with E-state index in [0.717, 1.165) is 23.9 Å². The van der Waals surface area contributed by atoms with Gasteiger partial charge in [-0.15, -0.1) is 0 Å². The third-order valence-electron chi connectivity index (χ3n) is 4.19. The van der Waals surface area contributed by atoms with Crippen molar-refractivity contribution in [2.24, 2.45) is 11.7 Å². The summed E-state index contributed by atoms with van der Waals surface area (Å²) in [5.41, 5.74) is 8.05. The molecule has 2 atom stereocenters. The van der Waals surface area contributed by atoms with Crippen molar-refractivity contribution in [1.82, 2.24) is 9.97 Å². The van der Waals surface area contributed by atoms with E-state index < -0.39 is 0 Å². The number of aryl methyl sites for hydroxylation is 1. The standard InChI is InChI=1S/C15H26N4/c1-10(2)13-8-11(3)17-15(18-13)19(4)14-7-5-6-12(14)9-16/h8,10,12,14H,5-7,9,16H2,1-4H3. The van der Waals surface area contributed by atoms with Crippen LogP contribution in [0.4, 0.5) is 5.95 Å². The number of nitrogens with zero attached hydrogens (tertiary/aromatic N) is 3. The normalized spacial score (nSPS) is 23.1. The van der Waals surface area contributed by atoms with E-state index >= 15 is 0 Å². The summed E-state index contributed by atoms with van der Waals surface area (Å²) in [6, 6.07) is 2.57. The number of nitrogens with two attached hydrogens (primary N) is 1. The second kappa shape index (κ2) is 5.87. The van der Waals surface area contributed by atoms with Gasteiger partial charge in [0.15, 0.2) is 0 Å². The molecule has 0 spiro atoms. The quantitative estimate of drug-likeness (QED) is 0.905. The first-order valence-electron chi connectivity index (χ1n) is 7.31. The fraction of sp³-hybridized carbons (Fsp3) is 0.733. The molecular formula is C15H26N4. The Balaban J connectivity index is 2.25. The average molecular weight is 262 g/mol. The van der Waals surface area contributed by atoms with Crippen molar-refractivity contribution in [3.05, 3.63) is 17.5 Å². The van der Waals surface area contributed by atoms with Crippen molar-refractivity contribution < 1.29 is 0 Å². The summed E-state index contributed by atoms with van der Waals surface area (Å²) in [5.74, 6) is 1.87. The molecule has 1 aliphatic rings. The van der Waals surface area contributed by atoms with Gasteiger partial charge in [0.25, 0.3) is 0 Å².